The summed E-state index contributed by atoms with van der Waals surface area (Å²) in [6, 6.07) is 19.4. The largest absolute Gasteiger partial charge is 0.489 e. The summed E-state index contributed by atoms with van der Waals surface area (Å²) < 4.78 is 30.9. The molecule has 0 bridgehead atoms. The van der Waals surface area contributed by atoms with E-state index in [9.17, 15) is 9.50 Å². The molecule has 0 fully saturated rings. The molecular formula is C25H20FNO4. The van der Waals surface area contributed by atoms with Crippen LogP contribution in [-0.4, -0.2) is 22.8 Å². The average Bonchev–Trinajstić information content (AvgIpc) is 2.80. The number of aromatic nitrogens is 1. The first-order valence-electron chi connectivity index (χ1n) is 9.98. The molecule has 3 aromatic carbocycles. The lowest BCUT2D eigenvalue weighted by Crippen LogP contribution is -2.35. The van der Waals surface area contributed by atoms with E-state index < -0.39 is 12.2 Å². The highest BCUT2D eigenvalue weighted by molar-refractivity contribution is 5.83. The van der Waals surface area contributed by atoms with Gasteiger partial charge in [0.2, 0.25) is 0 Å². The molecule has 0 saturated carbocycles. The second-order valence-corrected chi connectivity index (χ2v) is 7.42. The summed E-state index contributed by atoms with van der Waals surface area (Å²) in [5.41, 5.74) is 1.58. The Bertz CT molecular complexity index is 1210. The van der Waals surface area contributed by atoms with Crippen LogP contribution in [0.4, 0.5) is 4.39 Å². The Balaban J connectivity index is 1.30. The number of pyridine rings is 1. The Hall–Kier alpha value is -3.64. The predicted octanol–water partition coefficient (Wildman–Crippen LogP) is 4.83. The lowest BCUT2D eigenvalue weighted by Gasteiger charge is -2.30. The topological polar surface area (TPSA) is 60.8 Å². The van der Waals surface area contributed by atoms with Crippen LogP contribution in [-0.2, 0) is 6.61 Å². The minimum absolute atomic E-state index is 0.237. The molecule has 1 aliphatic rings. The van der Waals surface area contributed by atoms with Crippen molar-refractivity contribution >= 4 is 10.8 Å². The van der Waals surface area contributed by atoms with Gasteiger partial charge in [-0.25, -0.2) is 4.39 Å². The number of nitrogens with zero attached hydrogens (tertiary/aromatic N) is 1. The highest BCUT2D eigenvalue weighted by Crippen LogP contribution is 2.36. The predicted molar refractivity (Wildman–Crippen MR) is 114 cm³/mol. The van der Waals surface area contributed by atoms with Crippen molar-refractivity contribution in [3.05, 3.63) is 96.1 Å². The number of hydrogen-bond acceptors (Lipinski definition) is 5. The van der Waals surface area contributed by atoms with Gasteiger partial charge in [0.05, 0.1) is 6.20 Å². The molecule has 5 nitrogen and oxygen atoms in total. The molecule has 1 aliphatic heterocycles. The van der Waals surface area contributed by atoms with E-state index in [1.54, 1.807) is 42.7 Å². The molecule has 4 aromatic rings. The van der Waals surface area contributed by atoms with Crippen molar-refractivity contribution in [3.8, 4) is 17.2 Å². The molecule has 0 aliphatic carbocycles. The van der Waals surface area contributed by atoms with Gasteiger partial charge in [0.1, 0.15) is 42.4 Å². The fourth-order valence-corrected chi connectivity index (χ4v) is 3.65. The van der Waals surface area contributed by atoms with Crippen LogP contribution in [0.2, 0.25) is 0 Å². The normalized spacial score (nSPS) is 17.6. The van der Waals surface area contributed by atoms with E-state index in [-0.39, 0.29) is 12.4 Å². The van der Waals surface area contributed by atoms with Gasteiger partial charge in [-0.1, -0.05) is 18.2 Å². The van der Waals surface area contributed by atoms with Gasteiger partial charge in [-0.2, -0.15) is 0 Å². The Labute approximate surface area is 178 Å². The molecular weight excluding hydrogens is 397 g/mol. The summed E-state index contributed by atoms with van der Waals surface area (Å²) in [6.45, 7) is 0.583. The zero-order valence-electron chi connectivity index (χ0n) is 16.6. The van der Waals surface area contributed by atoms with E-state index in [1.807, 2.05) is 24.3 Å². The van der Waals surface area contributed by atoms with Crippen LogP contribution in [0.5, 0.6) is 17.2 Å². The van der Waals surface area contributed by atoms with Crippen molar-refractivity contribution in [1.82, 2.24) is 4.98 Å². The number of benzene rings is 3. The van der Waals surface area contributed by atoms with Crippen LogP contribution in [0.15, 0.2) is 79.1 Å². The molecule has 2 heterocycles. The number of fused-ring (bicyclic) bond motifs is 2. The molecule has 5 rings (SSSR count). The standard InChI is InChI=1S/C25H20FNO4/c26-19-6-5-17-10-16(3-4-18(17)11-19)14-29-20-7-8-23-22(12-20)25(28)24(15-30-23)31-21-2-1-9-27-13-21/h1-13,24-25,28H,14-15H2. The summed E-state index contributed by atoms with van der Waals surface area (Å²) in [5, 5.41) is 12.6. The Kier molecular flexibility index (Phi) is 5.14. The van der Waals surface area contributed by atoms with Gasteiger partial charge in [0, 0.05) is 11.8 Å². The summed E-state index contributed by atoms with van der Waals surface area (Å²) in [4.78, 5) is 4.02. The third-order valence-corrected chi connectivity index (χ3v) is 5.25. The molecule has 2 atom stereocenters. The van der Waals surface area contributed by atoms with E-state index in [4.69, 9.17) is 14.2 Å². The quantitative estimate of drug-likeness (QED) is 0.504. The first kappa shape index (κ1) is 19.3. The van der Waals surface area contributed by atoms with Crippen LogP contribution in [0.1, 0.15) is 17.2 Å². The van der Waals surface area contributed by atoms with Gasteiger partial charge in [-0.05, 0) is 64.9 Å². The second kappa shape index (κ2) is 8.24. The Morgan fingerprint density at radius 3 is 2.74 bits per heavy atom. The number of aliphatic hydroxyl groups is 1. The highest BCUT2D eigenvalue weighted by Gasteiger charge is 2.31. The van der Waals surface area contributed by atoms with Crippen molar-refractivity contribution in [2.45, 2.75) is 18.8 Å². The van der Waals surface area contributed by atoms with Gasteiger partial charge in [0.15, 0.2) is 6.10 Å². The van der Waals surface area contributed by atoms with Gasteiger partial charge in [0.25, 0.3) is 0 Å². The third kappa shape index (κ3) is 4.15. The average molecular weight is 417 g/mol. The zero-order valence-corrected chi connectivity index (χ0v) is 16.6. The Morgan fingerprint density at radius 2 is 1.87 bits per heavy atom. The highest BCUT2D eigenvalue weighted by atomic mass is 19.1. The number of hydrogen-bond donors (Lipinski definition) is 1. The fourth-order valence-electron chi connectivity index (χ4n) is 3.65. The lowest BCUT2D eigenvalue weighted by atomic mass is 10.0. The van der Waals surface area contributed by atoms with Gasteiger partial charge >= 0.3 is 0 Å². The first-order chi connectivity index (χ1) is 15.2. The maximum atomic E-state index is 13.4. The maximum Gasteiger partial charge on any atom is 0.163 e. The smallest absolute Gasteiger partial charge is 0.163 e. The molecule has 1 N–H and O–H groups in total. The molecule has 0 saturated heterocycles. The summed E-state index contributed by atoms with van der Waals surface area (Å²) in [5.74, 6) is 1.54. The van der Waals surface area contributed by atoms with Crippen molar-refractivity contribution in [1.29, 1.82) is 0 Å². The lowest BCUT2D eigenvalue weighted by molar-refractivity contribution is -0.0106. The van der Waals surface area contributed by atoms with Crippen LogP contribution < -0.4 is 14.2 Å². The number of ether oxygens (including phenoxy) is 3. The van der Waals surface area contributed by atoms with Crippen LogP contribution in [0.25, 0.3) is 10.8 Å². The molecule has 0 amide bonds. The summed E-state index contributed by atoms with van der Waals surface area (Å²) >= 11 is 0. The fraction of sp³-hybridized carbons (Fsp3) is 0.160. The van der Waals surface area contributed by atoms with Crippen LogP contribution in [0.3, 0.4) is 0 Å². The molecule has 156 valence electrons. The number of halogens is 1. The molecule has 6 heteroatoms. The van der Waals surface area contributed by atoms with Crippen molar-refractivity contribution < 1.29 is 23.7 Å². The van der Waals surface area contributed by atoms with E-state index in [1.165, 1.54) is 12.1 Å². The zero-order chi connectivity index (χ0) is 21.2. The summed E-state index contributed by atoms with van der Waals surface area (Å²) in [6.07, 6.45) is 1.85. The number of aliphatic hydroxyl groups excluding tert-OH is 1. The molecule has 0 radical (unpaired) electrons. The second-order valence-electron chi connectivity index (χ2n) is 7.42. The first-order valence-corrected chi connectivity index (χ1v) is 9.98. The van der Waals surface area contributed by atoms with E-state index >= 15 is 0 Å². The van der Waals surface area contributed by atoms with Crippen molar-refractivity contribution in [3.63, 3.8) is 0 Å². The molecule has 2 unspecified atom stereocenters. The van der Waals surface area contributed by atoms with E-state index in [2.05, 4.69) is 4.98 Å². The van der Waals surface area contributed by atoms with E-state index in [0.717, 1.165) is 16.3 Å². The van der Waals surface area contributed by atoms with E-state index in [0.29, 0.717) is 29.4 Å². The monoisotopic (exact) mass is 417 g/mol. The minimum Gasteiger partial charge on any atom is -0.489 e. The number of rotatable bonds is 5. The van der Waals surface area contributed by atoms with Crippen LogP contribution >= 0.6 is 0 Å². The third-order valence-electron chi connectivity index (χ3n) is 5.25. The molecule has 31 heavy (non-hydrogen) atoms. The van der Waals surface area contributed by atoms with Crippen molar-refractivity contribution in [2.75, 3.05) is 6.61 Å². The van der Waals surface area contributed by atoms with Gasteiger partial charge in [-0.15, -0.1) is 0 Å². The molecule has 1 aromatic heterocycles. The SMILES string of the molecule is OC1c2cc(OCc3ccc4cc(F)ccc4c3)ccc2OCC1Oc1cccnc1. The van der Waals surface area contributed by atoms with Crippen molar-refractivity contribution in [2.24, 2.45) is 0 Å². The van der Waals surface area contributed by atoms with Crippen LogP contribution in [0, 0.1) is 5.82 Å². The maximum absolute atomic E-state index is 13.4. The molecule has 0 spiro atoms. The minimum atomic E-state index is -0.858. The Morgan fingerprint density at radius 1 is 1.00 bits per heavy atom. The van der Waals surface area contributed by atoms with Gasteiger partial charge < -0.3 is 19.3 Å². The summed E-state index contributed by atoms with van der Waals surface area (Å²) in [7, 11) is 0. The van der Waals surface area contributed by atoms with Gasteiger partial charge in [-0.3, -0.25) is 4.98 Å².